The molecular formula is C24H29NO3S. The van der Waals surface area contributed by atoms with E-state index in [4.69, 9.17) is 4.74 Å². The van der Waals surface area contributed by atoms with E-state index in [-0.39, 0.29) is 10.3 Å². The minimum absolute atomic E-state index is 0.144. The van der Waals surface area contributed by atoms with Crippen LogP contribution in [0.2, 0.25) is 0 Å². The van der Waals surface area contributed by atoms with Crippen molar-refractivity contribution in [2.75, 3.05) is 11.8 Å². The summed E-state index contributed by atoms with van der Waals surface area (Å²) in [5, 5.41) is 0. The Bertz CT molecular complexity index is 991. The lowest BCUT2D eigenvalue weighted by molar-refractivity contribution is -0.00612. The van der Waals surface area contributed by atoms with Gasteiger partial charge in [0.05, 0.1) is 12.0 Å². The SMILES string of the molecule is COc1ccc(NS(=O)(=O)c2ccc(C)cc2)cc1C12CC3CC(CC(C3)C1)C2. The summed E-state index contributed by atoms with van der Waals surface area (Å²) in [5.74, 6) is 3.35. The largest absolute Gasteiger partial charge is 0.496 e. The molecule has 6 rings (SSSR count). The number of hydrogen-bond donors (Lipinski definition) is 1. The Morgan fingerprint density at radius 2 is 1.52 bits per heavy atom. The van der Waals surface area contributed by atoms with Crippen LogP contribution in [-0.2, 0) is 15.4 Å². The average Bonchev–Trinajstić information content (AvgIpc) is 2.67. The third-order valence-electron chi connectivity index (χ3n) is 7.39. The first-order valence-corrected chi connectivity index (χ1v) is 12.1. The maximum absolute atomic E-state index is 12.9. The maximum atomic E-state index is 12.9. The lowest BCUT2D eigenvalue weighted by Gasteiger charge is -2.57. The zero-order chi connectivity index (χ0) is 20.2. The number of sulfonamides is 1. The van der Waals surface area contributed by atoms with Gasteiger partial charge in [0, 0.05) is 11.3 Å². The zero-order valence-electron chi connectivity index (χ0n) is 17.1. The highest BCUT2D eigenvalue weighted by Crippen LogP contribution is 2.62. The molecule has 29 heavy (non-hydrogen) atoms. The van der Waals surface area contributed by atoms with Crippen molar-refractivity contribution < 1.29 is 13.2 Å². The Labute approximate surface area is 173 Å². The van der Waals surface area contributed by atoms with E-state index in [2.05, 4.69) is 4.72 Å². The van der Waals surface area contributed by atoms with Crippen LogP contribution in [0.1, 0.15) is 49.7 Å². The van der Waals surface area contributed by atoms with Crippen LogP contribution in [0.4, 0.5) is 5.69 Å². The van der Waals surface area contributed by atoms with Gasteiger partial charge in [0.1, 0.15) is 5.75 Å². The van der Waals surface area contributed by atoms with Crippen molar-refractivity contribution in [2.24, 2.45) is 17.8 Å². The third-order valence-corrected chi connectivity index (χ3v) is 8.79. The second-order valence-electron chi connectivity index (χ2n) is 9.53. The molecule has 4 nitrogen and oxygen atoms in total. The second-order valence-corrected chi connectivity index (χ2v) is 11.2. The first-order valence-electron chi connectivity index (χ1n) is 10.6. The van der Waals surface area contributed by atoms with Crippen molar-refractivity contribution >= 4 is 15.7 Å². The normalized spacial score (nSPS) is 30.3. The Balaban J connectivity index is 1.50. The number of rotatable bonds is 5. The molecule has 0 aliphatic heterocycles. The van der Waals surface area contributed by atoms with Gasteiger partial charge in [-0.2, -0.15) is 0 Å². The lowest BCUT2D eigenvalue weighted by atomic mass is 9.48. The van der Waals surface area contributed by atoms with E-state index >= 15 is 0 Å². The third kappa shape index (κ3) is 3.33. The molecule has 0 radical (unpaired) electrons. The summed E-state index contributed by atoms with van der Waals surface area (Å²) in [7, 11) is -1.90. The van der Waals surface area contributed by atoms with E-state index in [1.165, 1.54) is 44.1 Å². The molecule has 0 spiro atoms. The van der Waals surface area contributed by atoms with Crippen LogP contribution in [0.15, 0.2) is 47.4 Å². The molecule has 0 saturated heterocycles. The molecule has 0 amide bonds. The lowest BCUT2D eigenvalue weighted by Crippen LogP contribution is -2.48. The molecule has 4 bridgehead atoms. The molecule has 0 unspecified atom stereocenters. The Morgan fingerprint density at radius 3 is 2.07 bits per heavy atom. The molecule has 154 valence electrons. The van der Waals surface area contributed by atoms with Crippen molar-refractivity contribution in [3.63, 3.8) is 0 Å². The van der Waals surface area contributed by atoms with Crippen molar-refractivity contribution in [3.8, 4) is 5.75 Å². The fourth-order valence-electron chi connectivity index (χ4n) is 6.56. The van der Waals surface area contributed by atoms with Gasteiger partial charge in [-0.05, 0) is 98.9 Å². The van der Waals surface area contributed by atoms with Crippen LogP contribution in [-0.4, -0.2) is 15.5 Å². The molecule has 0 heterocycles. The molecule has 4 fully saturated rings. The molecule has 4 aliphatic rings. The van der Waals surface area contributed by atoms with Crippen molar-refractivity contribution in [1.29, 1.82) is 0 Å². The fraction of sp³-hybridized carbons (Fsp3) is 0.500. The van der Waals surface area contributed by atoms with Gasteiger partial charge in [-0.1, -0.05) is 17.7 Å². The Morgan fingerprint density at radius 1 is 0.931 bits per heavy atom. The molecule has 0 aromatic heterocycles. The molecule has 1 N–H and O–H groups in total. The summed E-state index contributed by atoms with van der Waals surface area (Å²) in [5.41, 5.74) is 3.00. The number of benzene rings is 2. The maximum Gasteiger partial charge on any atom is 0.261 e. The minimum atomic E-state index is -3.61. The monoisotopic (exact) mass is 411 g/mol. The topological polar surface area (TPSA) is 55.4 Å². The summed E-state index contributed by atoms with van der Waals surface area (Å²) in [6, 6.07) is 12.7. The summed E-state index contributed by atoms with van der Waals surface area (Å²) >= 11 is 0. The summed E-state index contributed by atoms with van der Waals surface area (Å²) in [4.78, 5) is 0.287. The fourth-order valence-corrected chi connectivity index (χ4v) is 7.61. The Kier molecular flexibility index (Phi) is 4.43. The van der Waals surface area contributed by atoms with E-state index < -0.39 is 10.0 Å². The van der Waals surface area contributed by atoms with Gasteiger partial charge in [-0.15, -0.1) is 0 Å². The van der Waals surface area contributed by atoms with Crippen molar-refractivity contribution in [2.45, 2.75) is 55.8 Å². The highest BCUT2D eigenvalue weighted by Gasteiger charge is 2.52. The molecule has 2 aromatic carbocycles. The highest BCUT2D eigenvalue weighted by molar-refractivity contribution is 7.92. The van der Waals surface area contributed by atoms with Crippen LogP contribution >= 0.6 is 0 Å². The van der Waals surface area contributed by atoms with Gasteiger partial charge in [-0.25, -0.2) is 8.42 Å². The molecule has 2 aromatic rings. The first kappa shape index (κ1) is 19.0. The average molecular weight is 412 g/mol. The van der Waals surface area contributed by atoms with Crippen molar-refractivity contribution in [3.05, 3.63) is 53.6 Å². The predicted octanol–water partition coefficient (Wildman–Crippen LogP) is 5.27. The quantitative estimate of drug-likeness (QED) is 0.729. The number of methoxy groups -OCH3 is 1. The second kappa shape index (κ2) is 6.76. The van der Waals surface area contributed by atoms with Gasteiger partial charge in [-0.3, -0.25) is 4.72 Å². The summed E-state index contributed by atoms with van der Waals surface area (Å²) in [6.07, 6.45) is 7.76. The Hall–Kier alpha value is -2.01. The highest BCUT2D eigenvalue weighted by atomic mass is 32.2. The smallest absolute Gasteiger partial charge is 0.261 e. The number of hydrogen-bond acceptors (Lipinski definition) is 3. The molecule has 5 heteroatoms. The van der Waals surface area contributed by atoms with E-state index in [1.807, 2.05) is 37.3 Å². The first-order chi connectivity index (χ1) is 13.9. The molecule has 4 aliphatic carbocycles. The number of aryl methyl sites for hydroxylation is 1. The predicted molar refractivity (Wildman–Crippen MR) is 115 cm³/mol. The number of anilines is 1. The van der Waals surface area contributed by atoms with Gasteiger partial charge in [0.25, 0.3) is 10.0 Å². The number of ether oxygens (including phenoxy) is 1. The minimum Gasteiger partial charge on any atom is -0.496 e. The molecule has 0 atom stereocenters. The van der Waals surface area contributed by atoms with E-state index in [1.54, 1.807) is 19.2 Å². The van der Waals surface area contributed by atoms with Crippen LogP contribution in [0.5, 0.6) is 5.75 Å². The van der Waals surface area contributed by atoms with Gasteiger partial charge >= 0.3 is 0 Å². The van der Waals surface area contributed by atoms with Crippen LogP contribution in [0.25, 0.3) is 0 Å². The van der Waals surface area contributed by atoms with E-state index in [0.717, 1.165) is 29.1 Å². The van der Waals surface area contributed by atoms with Crippen LogP contribution in [0.3, 0.4) is 0 Å². The van der Waals surface area contributed by atoms with Crippen molar-refractivity contribution in [1.82, 2.24) is 0 Å². The summed E-state index contributed by atoms with van der Waals surface area (Å²) in [6.45, 7) is 1.95. The number of nitrogens with one attached hydrogen (secondary N) is 1. The van der Waals surface area contributed by atoms with Crippen LogP contribution in [0, 0.1) is 24.7 Å². The molecule has 4 saturated carbocycles. The van der Waals surface area contributed by atoms with Gasteiger partial charge < -0.3 is 4.74 Å². The van der Waals surface area contributed by atoms with Gasteiger partial charge in [0.2, 0.25) is 0 Å². The molecular weight excluding hydrogens is 382 g/mol. The van der Waals surface area contributed by atoms with E-state index in [0.29, 0.717) is 5.69 Å². The standard InChI is InChI=1S/C24H29NO3S/c1-16-3-6-21(7-4-16)29(26,27)25-20-5-8-23(28-2)22(12-20)24-13-17-9-18(14-24)11-19(10-17)15-24/h3-8,12,17-19,25H,9-11,13-15H2,1-2H3. The zero-order valence-corrected chi connectivity index (χ0v) is 18.0. The van der Waals surface area contributed by atoms with Crippen LogP contribution < -0.4 is 9.46 Å². The van der Waals surface area contributed by atoms with Gasteiger partial charge in [0.15, 0.2) is 0 Å². The van der Waals surface area contributed by atoms with E-state index in [9.17, 15) is 8.42 Å². The summed E-state index contributed by atoms with van der Waals surface area (Å²) < 4.78 is 34.3.